The molecule has 0 radical (unpaired) electrons. The molecule has 2 N–H and O–H groups in total. The highest BCUT2D eigenvalue weighted by molar-refractivity contribution is 7.89. The maximum atomic E-state index is 12.1. The van der Waals surface area contributed by atoms with E-state index in [1.807, 2.05) is 6.92 Å². The largest absolute Gasteiger partial charge is 0.381 e. The molecule has 0 heterocycles. The van der Waals surface area contributed by atoms with Crippen LogP contribution in [0.25, 0.3) is 0 Å². The average Bonchev–Trinajstić information content (AvgIpc) is 2.62. The summed E-state index contributed by atoms with van der Waals surface area (Å²) in [5.74, 6) is 1.29. The number of rotatable bonds is 11. The molecule has 0 aliphatic heterocycles. The Hall–Kier alpha value is -1.64. The predicted molar refractivity (Wildman–Crippen MR) is 110 cm³/mol. The molecule has 0 bridgehead atoms. The summed E-state index contributed by atoms with van der Waals surface area (Å²) < 4.78 is 31.0. The maximum Gasteiger partial charge on any atom is 0.242 e. The van der Waals surface area contributed by atoms with Crippen molar-refractivity contribution in [3.63, 3.8) is 0 Å². The number of hydrogen-bond donors (Lipinski definition) is 2. The zero-order valence-electron chi connectivity index (χ0n) is 17.2. The molecular weight excluding hydrogens is 364 g/mol. The van der Waals surface area contributed by atoms with Gasteiger partial charge < -0.3 is 15.4 Å². The fourth-order valence-electron chi connectivity index (χ4n) is 2.19. The van der Waals surface area contributed by atoms with Crippen LogP contribution in [0.5, 0.6) is 0 Å². The van der Waals surface area contributed by atoms with Crippen molar-refractivity contribution in [2.24, 2.45) is 10.9 Å². The van der Waals surface area contributed by atoms with Gasteiger partial charge in [-0.2, -0.15) is 0 Å². The Kier molecular flexibility index (Phi) is 10.4. The van der Waals surface area contributed by atoms with E-state index in [2.05, 4.69) is 29.5 Å². The molecule has 7 nitrogen and oxygen atoms in total. The third-order valence-corrected chi connectivity index (χ3v) is 5.50. The molecule has 0 fully saturated rings. The van der Waals surface area contributed by atoms with E-state index in [9.17, 15) is 8.42 Å². The summed E-state index contributed by atoms with van der Waals surface area (Å²) in [6, 6.07) is 6.83. The summed E-state index contributed by atoms with van der Waals surface area (Å²) in [6.07, 6.45) is 0.911. The average molecular weight is 399 g/mol. The van der Waals surface area contributed by atoms with Gasteiger partial charge in [0.2, 0.25) is 10.0 Å². The van der Waals surface area contributed by atoms with E-state index in [4.69, 9.17) is 4.74 Å². The van der Waals surface area contributed by atoms with Crippen LogP contribution < -0.4 is 10.6 Å². The molecule has 154 valence electrons. The normalized spacial score (nSPS) is 12.6. The van der Waals surface area contributed by atoms with Crippen molar-refractivity contribution in [1.29, 1.82) is 0 Å². The lowest BCUT2D eigenvalue weighted by molar-refractivity contribution is 0.108. The zero-order valence-corrected chi connectivity index (χ0v) is 18.0. The van der Waals surface area contributed by atoms with Gasteiger partial charge in [-0.25, -0.2) is 17.7 Å². The monoisotopic (exact) mass is 398 g/mol. The van der Waals surface area contributed by atoms with Crippen molar-refractivity contribution in [1.82, 2.24) is 14.9 Å². The first-order valence-electron chi connectivity index (χ1n) is 9.38. The van der Waals surface area contributed by atoms with E-state index in [-0.39, 0.29) is 4.90 Å². The van der Waals surface area contributed by atoms with Crippen LogP contribution in [0.15, 0.2) is 34.2 Å². The van der Waals surface area contributed by atoms with E-state index in [1.165, 1.54) is 18.4 Å². The minimum absolute atomic E-state index is 0.284. The quantitative estimate of drug-likeness (QED) is 0.339. The number of benzene rings is 1. The van der Waals surface area contributed by atoms with Gasteiger partial charge in [-0.15, -0.1) is 0 Å². The fourth-order valence-corrected chi connectivity index (χ4v) is 3.09. The lowest BCUT2D eigenvalue weighted by Crippen LogP contribution is -2.38. The lowest BCUT2D eigenvalue weighted by Gasteiger charge is -2.13. The Morgan fingerprint density at radius 3 is 2.41 bits per heavy atom. The minimum atomic E-state index is -3.40. The van der Waals surface area contributed by atoms with Crippen molar-refractivity contribution in [2.45, 2.75) is 38.6 Å². The van der Waals surface area contributed by atoms with Crippen molar-refractivity contribution in [2.75, 3.05) is 40.4 Å². The molecule has 0 aliphatic rings. The van der Waals surface area contributed by atoms with Gasteiger partial charge in [0, 0.05) is 40.4 Å². The van der Waals surface area contributed by atoms with Crippen molar-refractivity contribution >= 4 is 16.0 Å². The molecule has 0 aromatic heterocycles. The van der Waals surface area contributed by atoms with Gasteiger partial charge in [0.15, 0.2) is 5.96 Å². The number of guanidine groups is 1. The molecule has 0 amide bonds. The first-order valence-corrected chi connectivity index (χ1v) is 10.8. The van der Waals surface area contributed by atoms with Crippen molar-refractivity contribution in [3.8, 4) is 0 Å². The van der Waals surface area contributed by atoms with Gasteiger partial charge in [0.05, 0.1) is 11.4 Å². The van der Waals surface area contributed by atoms with Gasteiger partial charge in [-0.3, -0.25) is 0 Å². The highest BCUT2D eigenvalue weighted by Crippen LogP contribution is 2.14. The van der Waals surface area contributed by atoms with E-state index in [0.717, 1.165) is 44.2 Å². The lowest BCUT2D eigenvalue weighted by atomic mass is 10.2. The van der Waals surface area contributed by atoms with Crippen LogP contribution >= 0.6 is 0 Å². The Labute approximate surface area is 164 Å². The molecule has 0 spiro atoms. The van der Waals surface area contributed by atoms with Gasteiger partial charge in [0.1, 0.15) is 0 Å². The van der Waals surface area contributed by atoms with Crippen LogP contribution in [-0.4, -0.2) is 59.1 Å². The SMILES string of the molecule is CCNC(=NCc1ccc(S(=O)(=O)N(C)C)cc1)NCCCOCC(C)C. The summed E-state index contributed by atoms with van der Waals surface area (Å²) in [5, 5.41) is 6.49. The zero-order chi connectivity index (χ0) is 20.3. The fraction of sp³-hybridized carbons (Fsp3) is 0.632. The van der Waals surface area contributed by atoms with Gasteiger partial charge >= 0.3 is 0 Å². The maximum absolute atomic E-state index is 12.1. The smallest absolute Gasteiger partial charge is 0.242 e. The summed E-state index contributed by atoms with van der Waals surface area (Å²) >= 11 is 0. The topological polar surface area (TPSA) is 83.0 Å². The summed E-state index contributed by atoms with van der Waals surface area (Å²) in [5.41, 5.74) is 0.949. The van der Waals surface area contributed by atoms with Crippen LogP contribution in [-0.2, 0) is 21.3 Å². The number of hydrogen-bond acceptors (Lipinski definition) is 4. The molecule has 1 aromatic rings. The molecule has 1 rings (SSSR count). The minimum Gasteiger partial charge on any atom is -0.381 e. The summed E-state index contributed by atoms with van der Waals surface area (Å²) in [7, 11) is -0.351. The van der Waals surface area contributed by atoms with E-state index in [1.54, 1.807) is 24.3 Å². The molecule has 0 unspecified atom stereocenters. The van der Waals surface area contributed by atoms with Gasteiger partial charge in [-0.05, 0) is 37.0 Å². The van der Waals surface area contributed by atoms with Crippen molar-refractivity contribution in [3.05, 3.63) is 29.8 Å². The molecule has 8 heteroatoms. The highest BCUT2D eigenvalue weighted by atomic mass is 32.2. The highest BCUT2D eigenvalue weighted by Gasteiger charge is 2.16. The Morgan fingerprint density at radius 1 is 1.19 bits per heavy atom. The van der Waals surface area contributed by atoms with Gasteiger partial charge in [0.25, 0.3) is 0 Å². The number of ether oxygens (including phenoxy) is 1. The van der Waals surface area contributed by atoms with Gasteiger partial charge in [-0.1, -0.05) is 26.0 Å². The van der Waals surface area contributed by atoms with Crippen LogP contribution in [0.2, 0.25) is 0 Å². The Balaban J connectivity index is 2.55. The first kappa shape index (κ1) is 23.4. The number of nitrogens with zero attached hydrogens (tertiary/aromatic N) is 2. The third-order valence-electron chi connectivity index (χ3n) is 3.67. The van der Waals surface area contributed by atoms with E-state index < -0.39 is 10.0 Å². The van der Waals surface area contributed by atoms with Crippen molar-refractivity contribution < 1.29 is 13.2 Å². The van der Waals surface area contributed by atoms with Crippen LogP contribution in [0, 0.1) is 5.92 Å². The number of aliphatic imine (C=N–C) groups is 1. The molecular formula is C19H34N4O3S. The third kappa shape index (κ3) is 8.73. The Bertz CT molecular complexity index is 671. The number of sulfonamides is 1. The number of nitrogens with one attached hydrogen (secondary N) is 2. The molecule has 0 saturated carbocycles. The second kappa shape index (κ2) is 11.9. The Morgan fingerprint density at radius 2 is 1.85 bits per heavy atom. The van der Waals surface area contributed by atoms with E-state index >= 15 is 0 Å². The molecule has 1 aromatic carbocycles. The first-order chi connectivity index (χ1) is 12.8. The van der Waals surface area contributed by atoms with Crippen LogP contribution in [0.1, 0.15) is 32.8 Å². The molecule has 0 atom stereocenters. The second-order valence-electron chi connectivity index (χ2n) is 6.88. The van der Waals surface area contributed by atoms with E-state index in [0.29, 0.717) is 12.5 Å². The van der Waals surface area contributed by atoms with Crippen LogP contribution in [0.3, 0.4) is 0 Å². The predicted octanol–water partition coefficient (Wildman–Crippen LogP) is 2.05. The standard InChI is InChI=1S/C19H34N4O3S/c1-6-20-19(21-12-7-13-26-15-16(2)3)22-14-17-8-10-18(11-9-17)27(24,25)23(4)5/h8-11,16H,6-7,12-15H2,1-5H3,(H2,20,21,22). The summed E-state index contributed by atoms with van der Waals surface area (Å²) in [6.45, 7) is 9.83. The summed E-state index contributed by atoms with van der Waals surface area (Å²) in [4.78, 5) is 4.83. The van der Waals surface area contributed by atoms with Crippen LogP contribution in [0.4, 0.5) is 0 Å². The molecule has 27 heavy (non-hydrogen) atoms. The molecule has 0 aliphatic carbocycles. The second-order valence-corrected chi connectivity index (χ2v) is 9.03. The molecule has 0 saturated heterocycles.